The lowest BCUT2D eigenvalue weighted by Crippen LogP contribution is -2.69. The zero-order chi connectivity index (χ0) is 25.7. The lowest BCUT2D eigenvalue weighted by Gasteiger charge is -2.48. The molecule has 3 aliphatic rings. The number of alkyl carbamates (subject to hydrolysis) is 1. The van der Waals surface area contributed by atoms with E-state index in [-0.39, 0.29) is 32.2 Å². The molecule has 2 amide bonds. The minimum Gasteiger partial charge on any atom is -0.481 e. The number of aliphatic carboxylic acids is 1. The Morgan fingerprint density at radius 2 is 1.64 bits per heavy atom. The van der Waals surface area contributed by atoms with Crippen LogP contribution in [0.5, 0.6) is 0 Å². The first-order chi connectivity index (χ1) is 17.1. The number of benzene rings is 2. The first-order valence-corrected chi connectivity index (χ1v) is 12.0. The van der Waals surface area contributed by atoms with Gasteiger partial charge < -0.3 is 29.5 Å². The summed E-state index contributed by atoms with van der Waals surface area (Å²) < 4.78 is 16.8. The van der Waals surface area contributed by atoms with E-state index in [1.54, 1.807) is 20.8 Å². The van der Waals surface area contributed by atoms with Crippen molar-refractivity contribution in [1.82, 2.24) is 10.2 Å². The number of carboxylic acids is 1. The Kier molecular flexibility index (Phi) is 5.90. The van der Waals surface area contributed by atoms with Gasteiger partial charge in [-0.15, -0.1) is 0 Å². The van der Waals surface area contributed by atoms with Crippen molar-refractivity contribution in [1.29, 1.82) is 0 Å². The van der Waals surface area contributed by atoms with Crippen LogP contribution in [0, 0.1) is 5.92 Å². The molecule has 0 saturated carbocycles. The third-order valence-corrected chi connectivity index (χ3v) is 7.00. The average Bonchev–Trinajstić information content (AvgIpc) is 3.32. The first kappa shape index (κ1) is 24.1. The molecule has 2 N–H and O–H groups in total. The Bertz CT molecular complexity index is 1150. The molecule has 0 bridgehead atoms. The fourth-order valence-electron chi connectivity index (χ4n) is 5.47. The molecule has 2 aromatic rings. The first-order valence-electron chi connectivity index (χ1n) is 12.0. The molecule has 9 nitrogen and oxygen atoms in total. The fourth-order valence-corrected chi connectivity index (χ4v) is 5.47. The van der Waals surface area contributed by atoms with Gasteiger partial charge in [-0.25, -0.2) is 9.59 Å². The second kappa shape index (κ2) is 8.81. The van der Waals surface area contributed by atoms with Crippen LogP contribution in [0.1, 0.15) is 37.8 Å². The van der Waals surface area contributed by atoms with Crippen molar-refractivity contribution >= 4 is 18.2 Å². The molecule has 190 valence electrons. The van der Waals surface area contributed by atoms with Crippen LogP contribution in [-0.2, 0) is 19.0 Å². The summed E-state index contributed by atoms with van der Waals surface area (Å²) in [4.78, 5) is 38.6. The summed E-state index contributed by atoms with van der Waals surface area (Å²) in [5, 5.41) is 12.6. The second-order valence-corrected chi connectivity index (χ2v) is 10.6. The highest BCUT2D eigenvalue weighted by molar-refractivity contribution is 5.80. The van der Waals surface area contributed by atoms with Gasteiger partial charge in [0.25, 0.3) is 0 Å². The van der Waals surface area contributed by atoms with Crippen molar-refractivity contribution < 1.29 is 33.7 Å². The minimum atomic E-state index is -1.10. The minimum absolute atomic E-state index is 0.0172. The van der Waals surface area contributed by atoms with Gasteiger partial charge in [0.2, 0.25) is 0 Å². The Labute approximate surface area is 209 Å². The third-order valence-electron chi connectivity index (χ3n) is 7.00. The molecule has 36 heavy (non-hydrogen) atoms. The van der Waals surface area contributed by atoms with E-state index in [1.165, 1.54) is 4.90 Å². The number of fused-ring (bicyclic) bond motifs is 3. The van der Waals surface area contributed by atoms with Crippen molar-refractivity contribution in [3.63, 3.8) is 0 Å². The van der Waals surface area contributed by atoms with Crippen LogP contribution in [0.25, 0.3) is 11.1 Å². The Morgan fingerprint density at radius 3 is 2.19 bits per heavy atom. The predicted molar refractivity (Wildman–Crippen MR) is 130 cm³/mol. The van der Waals surface area contributed by atoms with Gasteiger partial charge in [-0.1, -0.05) is 48.5 Å². The summed E-state index contributed by atoms with van der Waals surface area (Å²) in [6.07, 6.45) is -1.22. The van der Waals surface area contributed by atoms with Gasteiger partial charge in [-0.3, -0.25) is 4.79 Å². The van der Waals surface area contributed by atoms with Crippen LogP contribution < -0.4 is 5.32 Å². The topological polar surface area (TPSA) is 114 Å². The number of nitrogens with one attached hydrogen (secondary N) is 1. The number of hydrogen-bond acceptors (Lipinski definition) is 6. The van der Waals surface area contributed by atoms with Gasteiger partial charge >= 0.3 is 18.2 Å². The molecule has 1 aliphatic carbocycles. The second-order valence-electron chi connectivity index (χ2n) is 10.6. The van der Waals surface area contributed by atoms with E-state index in [0.29, 0.717) is 0 Å². The van der Waals surface area contributed by atoms with E-state index >= 15 is 0 Å². The number of ether oxygens (including phenoxy) is 3. The molecular weight excluding hydrogens is 464 g/mol. The molecule has 1 spiro atoms. The van der Waals surface area contributed by atoms with E-state index in [0.717, 1.165) is 22.3 Å². The lowest BCUT2D eigenvalue weighted by molar-refractivity contribution is -0.164. The maximum Gasteiger partial charge on any atom is 0.410 e. The maximum absolute atomic E-state index is 12.7. The molecule has 0 aromatic heterocycles. The summed E-state index contributed by atoms with van der Waals surface area (Å²) in [6, 6.07) is 15.3. The van der Waals surface area contributed by atoms with Crippen molar-refractivity contribution in [3.8, 4) is 11.1 Å². The van der Waals surface area contributed by atoms with Crippen LogP contribution in [0.15, 0.2) is 48.5 Å². The van der Waals surface area contributed by atoms with Crippen molar-refractivity contribution in [2.24, 2.45) is 5.92 Å². The number of rotatable bonds is 4. The molecule has 0 radical (unpaired) electrons. The average molecular weight is 495 g/mol. The van der Waals surface area contributed by atoms with Gasteiger partial charge in [0.15, 0.2) is 0 Å². The largest absolute Gasteiger partial charge is 0.481 e. The Balaban J connectivity index is 1.21. The highest BCUT2D eigenvalue weighted by atomic mass is 16.6. The molecular formula is C27H30N2O7. The van der Waals surface area contributed by atoms with Gasteiger partial charge in [0.1, 0.15) is 23.7 Å². The molecule has 2 atom stereocenters. The molecule has 5 rings (SSSR count). The number of nitrogens with zero attached hydrogens (tertiary/aromatic N) is 1. The van der Waals surface area contributed by atoms with Gasteiger partial charge in [0, 0.05) is 5.92 Å². The van der Waals surface area contributed by atoms with Gasteiger partial charge in [-0.2, -0.15) is 0 Å². The number of likely N-dealkylation sites (tertiary alicyclic amines) is 1. The molecule has 2 aliphatic heterocycles. The maximum atomic E-state index is 12.7. The zero-order valence-corrected chi connectivity index (χ0v) is 20.5. The number of hydrogen-bond donors (Lipinski definition) is 2. The van der Waals surface area contributed by atoms with E-state index in [4.69, 9.17) is 14.2 Å². The van der Waals surface area contributed by atoms with E-state index in [9.17, 15) is 19.5 Å². The van der Waals surface area contributed by atoms with Crippen LogP contribution in [0.2, 0.25) is 0 Å². The van der Waals surface area contributed by atoms with Gasteiger partial charge in [-0.05, 0) is 43.0 Å². The van der Waals surface area contributed by atoms with Crippen LogP contribution >= 0.6 is 0 Å². The van der Waals surface area contributed by atoms with Crippen LogP contribution in [-0.4, -0.2) is 71.7 Å². The van der Waals surface area contributed by atoms with Crippen molar-refractivity contribution in [2.75, 3.05) is 26.3 Å². The Morgan fingerprint density at radius 1 is 1.06 bits per heavy atom. The molecule has 2 unspecified atom stereocenters. The SMILES string of the molecule is CC(C)(C)OC(=O)N1CC2(C1)OCC(NC(=O)OCC1c3ccccc3-c3ccccc31)C2C(=O)O. The smallest absolute Gasteiger partial charge is 0.410 e. The lowest BCUT2D eigenvalue weighted by atomic mass is 9.79. The highest BCUT2D eigenvalue weighted by Crippen LogP contribution is 2.45. The predicted octanol–water partition coefficient (Wildman–Crippen LogP) is 3.61. The molecule has 2 saturated heterocycles. The highest BCUT2D eigenvalue weighted by Gasteiger charge is 2.62. The van der Waals surface area contributed by atoms with Crippen molar-refractivity contribution in [3.05, 3.63) is 59.7 Å². The number of amides is 2. The summed E-state index contributed by atoms with van der Waals surface area (Å²) in [5.41, 5.74) is 2.71. The number of carboxylic acid groups (broad SMARTS) is 1. The Hall–Kier alpha value is -3.59. The summed E-state index contributed by atoms with van der Waals surface area (Å²) >= 11 is 0. The molecule has 2 fully saturated rings. The standard InChI is InChI=1S/C27H30N2O7/c1-26(2,3)36-25(33)29-14-27(15-29)22(23(30)31)21(13-35-27)28-24(32)34-12-20-18-10-6-4-8-16(18)17-9-5-7-11-19(17)20/h4-11,20-22H,12-15H2,1-3H3,(H,28,32)(H,30,31). The quantitative estimate of drug-likeness (QED) is 0.667. The molecule has 9 heteroatoms. The van der Waals surface area contributed by atoms with E-state index in [2.05, 4.69) is 17.4 Å². The van der Waals surface area contributed by atoms with E-state index in [1.807, 2.05) is 36.4 Å². The zero-order valence-electron chi connectivity index (χ0n) is 20.5. The van der Waals surface area contributed by atoms with Crippen LogP contribution in [0.4, 0.5) is 9.59 Å². The molecule has 2 aromatic carbocycles. The molecule has 2 heterocycles. The van der Waals surface area contributed by atoms with Crippen LogP contribution in [0.3, 0.4) is 0 Å². The number of carbonyl (C=O) groups excluding carboxylic acids is 2. The fraction of sp³-hybridized carbons (Fsp3) is 0.444. The van der Waals surface area contributed by atoms with Crippen molar-refractivity contribution in [2.45, 2.75) is 43.9 Å². The van der Waals surface area contributed by atoms with E-state index < -0.39 is 41.3 Å². The summed E-state index contributed by atoms with van der Waals surface area (Å²) in [6.45, 7) is 5.61. The number of carbonyl (C=O) groups is 3. The van der Waals surface area contributed by atoms with Gasteiger partial charge in [0.05, 0.1) is 25.7 Å². The summed E-state index contributed by atoms with van der Waals surface area (Å²) in [7, 11) is 0. The normalized spacial score (nSPS) is 21.9. The summed E-state index contributed by atoms with van der Waals surface area (Å²) in [5.74, 6) is -2.21. The third kappa shape index (κ3) is 4.28. The monoisotopic (exact) mass is 494 g/mol.